The normalized spacial score (nSPS) is 19.9. The zero-order valence-corrected chi connectivity index (χ0v) is 44.7. The highest BCUT2D eigenvalue weighted by Crippen LogP contribution is 2.26. The summed E-state index contributed by atoms with van der Waals surface area (Å²) in [6.07, 6.45) is 49.5. The Balaban J connectivity index is 2.18. The summed E-state index contributed by atoms with van der Waals surface area (Å²) in [6, 6.07) is -0.941. The van der Waals surface area contributed by atoms with Gasteiger partial charge in [0.15, 0.2) is 6.29 Å². The minimum atomic E-state index is -5.08. The number of aliphatic hydroxyl groups is 4. The molecule has 0 saturated carbocycles. The number of hydrogen-bond acceptors (Lipinski definition) is 10. The maximum Gasteiger partial charge on any atom is 0.397 e. The minimum Gasteiger partial charge on any atom is -0.394 e. The molecule has 7 unspecified atom stereocenters. The Morgan fingerprint density at radius 2 is 0.971 bits per heavy atom. The number of amides is 1. The molecule has 0 aromatic rings. The van der Waals surface area contributed by atoms with E-state index >= 15 is 0 Å². The number of allylic oxidation sites excluding steroid dienone is 5. The molecule has 0 aliphatic carbocycles. The van der Waals surface area contributed by atoms with Crippen LogP contribution in [0.2, 0.25) is 0 Å². The van der Waals surface area contributed by atoms with Gasteiger partial charge in [-0.05, 0) is 51.4 Å². The molecule has 406 valence electrons. The van der Waals surface area contributed by atoms with Crippen LogP contribution in [0.15, 0.2) is 36.5 Å². The summed E-state index contributed by atoms with van der Waals surface area (Å²) in [6.45, 7) is 3.36. The van der Waals surface area contributed by atoms with Gasteiger partial charge in [-0.2, -0.15) is 8.42 Å². The van der Waals surface area contributed by atoms with Gasteiger partial charge in [0.05, 0.1) is 25.4 Å². The van der Waals surface area contributed by atoms with E-state index < -0.39 is 59.9 Å². The highest BCUT2D eigenvalue weighted by Gasteiger charge is 2.48. The van der Waals surface area contributed by atoms with E-state index in [1.807, 2.05) is 6.08 Å². The molecule has 0 aromatic heterocycles. The first-order valence-corrected chi connectivity index (χ1v) is 29.7. The summed E-state index contributed by atoms with van der Waals surface area (Å²) in [4.78, 5) is 13.1. The first-order chi connectivity index (χ1) is 33.5. The van der Waals surface area contributed by atoms with Gasteiger partial charge in [0.25, 0.3) is 0 Å². The minimum absolute atomic E-state index is 0.263. The number of hydrogen-bond donors (Lipinski definition) is 6. The molecule has 7 atom stereocenters. The Morgan fingerprint density at radius 1 is 0.580 bits per heavy atom. The Hall–Kier alpha value is -1.68. The molecule has 13 heteroatoms. The lowest BCUT2D eigenvalue weighted by atomic mass is 9.99. The zero-order chi connectivity index (χ0) is 50.5. The molecule has 0 radical (unpaired) electrons. The number of ether oxygens (including phenoxy) is 2. The summed E-state index contributed by atoms with van der Waals surface area (Å²) in [5.41, 5.74) is 0. The van der Waals surface area contributed by atoms with Crippen molar-refractivity contribution in [3.63, 3.8) is 0 Å². The third-order valence-corrected chi connectivity index (χ3v) is 13.9. The molecule has 1 fully saturated rings. The molecular formula is C56H105NO11S. The third kappa shape index (κ3) is 38.6. The smallest absolute Gasteiger partial charge is 0.394 e. The van der Waals surface area contributed by atoms with Crippen LogP contribution in [0.5, 0.6) is 0 Å². The standard InChI is InChI=1S/C56H105NO11S/c1-3-5-7-9-11-13-14-15-16-17-18-19-20-21-22-23-24-25-26-27-28-29-30-31-32-33-34-35-36-38-40-42-44-46-52(60)57-49(50(59)45-43-41-39-37-12-10-8-6-4-2)48-66-56-54(62)55(68-69(63,64)65)53(61)51(47-58)67-56/h18-19,21-22,43,45,49-51,53-56,58-59,61-62H,3-17,20,23-42,44,46-48H2,1-2H3,(H,57,60)(H,63,64,65)/b19-18-,22-21-,45-43+. The number of aliphatic hydroxyl groups excluding tert-OH is 4. The topological polar surface area (TPSA) is 192 Å². The second-order valence-electron chi connectivity index (χ2n) is 19.9. The van der Waals surface area contributed by atoms with Gasteiger partial charge in [0, 0.05) is 6.42 Å². The van der Waals surface area contributed by atoms with Crippen LogP contribution in [0.3, 0.4) is 0 Å². The lowest BCUT2D eigenvalue weighted by molar-refractivity contribution is -0.298. The fourth-order valence-electron chi connectivity index (χ4n) is 9.02. The van der Waals surface area contributed by atoms with Crippen molar-refractivity contribution < 1.29 is 51.8 Å². The van der Waals surface area contributed by atoms with E-state index in [1.165, 1.54) is 180 Å². The quantitative estimate of drug-likeness (QED) is 0.0193. The van der Waals surface area contributed by atoms with Crippen LogP contribution in [0.25, 0.3) is 0 Å². The van der Waals surface area contributed by atoms with Crippen LogP contribution in [0.1, 0.15) is 258 Å². The van der Waals surface area contributed by atoms with E-state index in [9.17, 15) is 38.2 Å². The lowest BCUT2D eigenvalue weighted by Gasteiger charge is -2.41. The number of carbonyl (C=O) groups is 1. The molecule has 0 bridgehead atoms. The number of nitrogens with one attached hydrogen (secondary N) is 1. The predicted octanol–water partition coefficient (Wildman–Crippen LogP) is 13.0. The number of rotatable bonds is 49. The van der Waals surface area contributed by atoms with Gasteiger partial charge in [0.1, 0.15) is 24.4 Å². The molecule has 0 aromatic carbocycles. The average molecular weight is 1000 g/mol. The van der Waals surface area contributed by atoms with Gasteiger partial charge in [-0.15, -0.1) is 0 Å². The molecule has 1 saturated heterocycles. The largest absolute Gasteiger partial charge is 0.397 e. The summed E-state index contributed by atoms with van der Waals surface area (Å²) < 4.78 is 47.6. The van der Waals surface area contributed by atoms with E-state index in [0.29, 0.717) is 6.42 Å². The molecular weight excluding hydrogens is 895 g/mol. The van der Waals surface area contributed by atoms with Gasteiger partial charge in [-0.1, -0.05) is 237 Å². The number of unbranched alkanes of at least 4 members (excludes halogenated alkanes) is 33. The Kier molecular flexibility index (Phi) is 43.7. The van der Waals surface area contributed by atoms with E-state index in [1.54, 1.807) is 6.08 Å². The van der Waals surface area contributed by atoms with E-state index in [0.717, 1.165) is 51.4 Å². The van der Waals surface area contributed by atoms with Crippen molar-refractivity contribution in [2.75, 3.05) is 13.2 Å². The van der Waals surface area contributed by atoms with Gasteiger partial charge >= 0.3 is 10.4 Å². The molecule has 69 heavy (non-hydrogen) atoms. The first-order valence-electron chi connectivity index (χ1n) is 28.4. The summed E-state index contributed by atoms with van der Waals surface area (Å²) in [7, 11) is -5.08. The highest BCUT2D eigenvalue weighted by atomic mass is 32.3. The molecule has 0 spiro atoms. The van der Waals surface area contributed by atoms with Crippen molar-refractivity contribution in [2.24, 2.45) is 0 Å². The number of carbonyl (C=O) groups excluding carboxylic acids is 1. The van der Waals surface area contributed by atoms with E-state index in [-0.39, 0.29) is 18.9 Å². The van der Waals surface area contributed by atoms with Crippen LogP contribution in [-0.4, -0.2) is 95.4 Å². The fourth-order valence-corrected chi connectivity index (χ4v) is 9.52. The van der Waals surface area contributed by atoms with Crippen molar-refractivity contribution in [2.45, 2.75) is 301 Å². The second-order valence-corrected chi connectivity index (χ2v) is 20.9. The second kappa shape index (κ2) is 46.1. The molecule has 1 heterocycles. The Morgan fingerprint density at radius 3 is 1.38 bits per heavy atom. The molecule has 1 aliphatic rings. The van der Waals surface area contributed by atoms with Crippen molar-refractivity contribution in [3.05, 3.63) is 36.5 Å². The summed E-state index contributed by atoms with van der Waals surface area (Å²) in [5, 5.41) is 44.7. The van der Waals surface area contributed by atoms with Crippen molar-refractivity contribution >= 4 is 16.3 Å². The van der Waals surface area contributed by atoms with E-state index in [2.05, 4.69) is 47.7 Å². The molecule has 1 amide bonds. The predicted molar refractivity (Wildman–Crippen MR) is 282 cm³/mol. The van der Waals surface area contributed by atoms with Crippen LogP contribution < -0.4 is 5.32 Å². The van der Waals surface area contributed by atoms with Crippen molar-refractivity contribution in [3.8, 4) is 0 Å². The van der Waals surface area contributed by atoms with Crippen LogP contribution in [-0.2, 0) is 28.9 Å². The highest BCUT2D eigenvalue weighted by molar-refractivity contribution is 7.80. The van der Waals surface area contributed by atoms with Crippen molar-refractivity contribution in [1.82, 2.24) is 5.32 Å². The van der Waals surface area contributed by atoms with Crippen LogP contribution in [0.4, 0.5) is 0 Å². The monoisotopic (exact) mass is 1000 g/mol. The van der Waals surface area contributed by atoms with Gasteiger partial charge in [0.2, 0.25) is 5.91 Å². The SMILES string of the molecule is CCCCCCCCC/C=C/C(O)C(COC1OC(CO)C(O)C(OS(=O)(=O)O)C1O)NC(=O)CCCCCCCCCCCCCCCCCCC/C=C\C/C=C\CCCCCCCCCCC. The van der Waals surface area contributed by atoms with Crippen LogP contribution in [0, 0.1) is 0 Å². The van der Waals surface area contributed by atoms with Crippen molar-refractivity contribution in [1.29, 1.82) is 0 Å². The van der Waals surface area contributed by atoms with Gasteiger partial charge in [-0.3, -0.25) is 9.35 Å². The molecule has 6 N–H and O–H groups in total. The Bertz CT molecular complexity index is 1360. The average Bonchev–Trinajstić information content (AvgIpc) is 3.32. The molecule has 12 nitrogen and oxygen atoms in total. The summed E-state index contributed by atoms with van der Waals surface area (Å²) >= 11 is 0. The zero-order valence-electron chi connectivity index (χ0n) is 43.9. The Labute approximate surface area is 422 Å². The maximum absolute atomic E-state index is 13.1. The lowest BCUT2D eigenvalue weighted by Crippen LogP contribution is -2.61. The van der Waals surface area contributed by atoms with Gasteiger partial charge in [-0.25, -0.2) is 4.18 Å². The molecule has 1 aliphatic heterocycles. The first kappa shape index (κ1) is 65.3. The van der Waals surface area contributed by atoms with Crippen LogP contribution >= 0.6 is 0 Å². The third-order valence-electron chi connectivity index (χ3n) is 13.4. The summed E-state index contributed by atoms with van der Waals surface area (Å²) in [5.74, 6) is -0.263. The van der Waals surface area contributed by atoms with Gasteiger partial charge < -0.3 is 35.2 Å². The maximum atomic E-state index is 13.1. The fraction of sp³-hybridized carbons (Fsp3) is 0.875. The molecule has 1 rings (SSSR count). The van der Waals surface area contributed by atoms with E-state index in [4.69, 9.17) is 9.47 Å².